The van der Waals surface area contributed by atoms with Crippen molar-refractivity contribution >= 4 is 16.3 Å². The van der Waals surface area contributed by atoms with Crippen molar-refractivity contribution in [2.45, 2.75) is 38.8 Å². The molecule has 1 saturated heterocycles. The molecule has 4 rings (SSSR count). The van der Waals surface area contributed by atoms with Gasteiger partial charge in [0.25, 0.3) is 0 Å². The van der Waals surface area contributed by atoms with E-state index in [9.17, 15) is 0 Å². The van der Waals surface area contributed by atoms with E-state index in [0.29, 0.717) is 23.5 Å². The van der Waals surface area contributed by atoms with Gasteiger partial charge < -0.3 is 0 Å². The van der Waals surface area contributed by atoms with Crippen LogP contribution < -0.4 is 10.9 Å². The Morgan fingerprint density at radius 2 is 2.22 bits per heavy atom. The van der Waals surface area contributed by atoms with E-state index in [-0.39, 0.29) is 6.04 Å². The third-order valence-electron chi connectivity index (χ3n) is 3.83. The van der Waals surface area contributed by atoms with Crippen molar-refractivity contribution in [1.82, 2.24) is 40.6 Å². The normalized spacial score (nSPS) is 21.5. The second-order valence-corrected chi connectivity index (χ2v) is 7.14. The molecule has 0 bridgehead atoms. The van der Waals surface area contributed by atoms with Crippen LogP contribution in [0.15, 0.2) is 18.6 Å². The Balaban J connectivity index is 1.60. The standard InChI is InChI=1S/C14H18N8S/c1-8(2)5-9-6-10(18-17-9)13-21-22-12(19-20-14(22)23-13)11-7-15-3-4-16-11/h3-4,7-10,17-18H,5-6H2,1-2H3. The van der Waals surface area contributed by atoms with Crippen LogP contribution in [0.1, 0.15) is 37.7 Å². The minimum atomic E-state index is 0.208. The minimum absolute atomic E-state index is 0.208. The monoisotopic (exact) mass is 330 g/mol. The van der Waals surface area contributed by atoms with Gasteiger partial charge in [0.1, 0.15) is 10.7 Å². The number of rotatable bonds is 4. The molecule has 3 aromatic rings. The van der Waals surface area contributed by atoms with E-state index in [1.807, 2.05) is 0 Å². The van der Waals surface area contributed by atoms with Gasteiger partial charge in [-0.05, 0) is 18.8 Å². The Kier molecular flexibility index (Phi) is 3.76. The van der Waals surface area contributed by atoms with E-state index in [1.165, 1.54) is 0 Å². The molecule has 0 amide bonds. The van der Waals surface area contributed by atoms with Gasteiger partial charge in [0.05, 0.1) is 12.2 Å². The molecule has 8 nitrogen and oxygen atoms in total. The summed E-state index contributed by atoms with van der Waals surface area (Å²) in [4.78, 5) is 9.13. The summed E-state index contributed by atoms with van der Waals surface area (Å²) in [5, 5.41) is 14.1. The van der Waals surface area contributed by atoms with Crippen LogP contribution in [0, 0.1) is 5.92 Å². The predicted octanol–water partition coefficient (Wildman–Crippen LogP) is 1.60. The van der Waals surface area contributed by atoms with Crippen LogP contribution in [0.2, 0.25) is 0 Å². The third-order valence-corrected chi connectivity index (χ3v) is 4.85. The SMILES string of the molecule is CC(C)CC1CC(c2nn3c(-c4cnccn4)nnc3s2)NN1. The molecule has 1 aliphatic heterocycles. The molecular weight excluding hydrogens is 312 g/mol. The molecule has 3 aromatic heterocycles. The van der Waals surface area contributed by atoms with E-state index >= 15 is 0 Å². The molecule has 1 fully saturated rings. The molecule has 4 heterocycles. The first-order valence-electron chi connectivity index (χ1n) is 7.70. The van der Waals surface area contributed by atoms with Gasteiger partial charge in [-0.2, -0.15) is 9.61 Å². The fourth-order valence-corrected chi connectivity index (χ4v) is 3.76. The van der Waals surface area contributed by atoms with Gasteiger partial charge in [-0.3, -0.25) is 10.4 Å². The number of fused-ring (bicyclic) bond motifs is 1. The molecule has 120 valence electrons. The highest BCUT2D eigenvalue weighted by Gasteiger charge is 2.29. The highest BCUT2D eigenvalue weighted by atomic mass is 32.1. The lowest BCUT2D eigenvalue weighted by Gasteiger charge is -2.10. The van der Waals surface area contributed by atoms with Crippen LogP contribution in [0.3, 0.4) is 0 Å². The maximum atomic E-state index is 4.68. The lowest BCUT2D eigenvalue weighted by molar-refractivity contribution is 0.446. The van der Waals surface area contributed by atoms with Crippen LogP contribution in [-0.4, -0.2) is 35.8 Å². The zero-order chi connectivity index (χ0) is 15.8. The van der Waals surface area contributed by atoms with E-state index in [2.05, 4.69) is 50.0 Å². The molecule has 2 atom stereocenters. The molecule has 0 aliphatic carbocycles. The average molecular weight is 330 g/mol. The zero-order valence-corrected chi connectivity index (χ0v) is 13.8. The van der Waals surface area contributed by atoms with Gasteiger partial charge >= 0.3 is 0 Å². The summed E-state index contributed by atoms with van der Waals surface area (Å²) in [6.45, 7) is 4.48. The molecule has 0 saturated carbocycles. The summed E-state index contributed by atoms with van der Waals surface area (Å²) in [6, 6.07) is 0.689. The van der Waals surface area contributed by atoms with Crippen LogP contribution in [0.4, 0.5) is 0 Å². The fourth-order valence-electron chi connectivity index (χ4n) is 2.85. The number of aromatic nitrogens is 6. The molecule has 0 spiro atoms. The highest BCUT2D eigenvalue weighted by Crippen LogP contribution is 2.29. The molecule has 1 aliphatic rings. The number of nitrogens with zero attached hydrogens (tertiary/aromatic N) is 6. The average Bonchev–Trinajstić information content (AvgIpc) is 3.21. The van der Waals surface area contributed by atoms with Crippen LogP contribution in [0.5, 0.6) is 0 Å². The molecule has 0 aromatic carbocycles. The van der Waals surface area contributed by atoms with Crippen LogP contribution in [-0.2, 0) is 0 Å². The minimum Gasteiger partial charge on any atom is -0.261 e. The van der Waals surface area contributed by atoms with Crippen molar-refractivity contribution in [2.75, 3.05) is 0 Å². The topological polar surface area (TPSA) is 92.9 Å². The second kappa shape index (κ2) is 5.91. The van der Waals surface area contributed by atoms with Crippen molar-refractivity contribution in [3.63, 3.8) is 0 Å². The zero-order valence-electron chi connectivity index (χ0n) is 13.0. The Bertz CT molecular complexity index is 796. The Labute approximate surface area is 137 Å². The first-order valence-corrected chi connectivity index (χ1v) is 8.52. The van der Waals surface area contributed by atoms with Gasteiger partial charge in [-0.25, -0.2) is 10.4 Å². The summed E-state index contributed by atoms with van der Waals surface area (Å²) in [6.07, 6.45) is 7.13. The predicted molar refractivity (Wildman–Crippen MR) is 86.6 cm³/mol. The Morgan fingerprint density at radius 1 is 1.30 bits per heavy atom. The maximum absolute atomic E-state index is 4.68. The van der Waals surface area contributed by atoms with Crippen LogP contribution >= 0.6 is 11.3 Å². The van der Waals surface area contributed by atoms with Gasteiger partial charge in [-0.15, -0.1) is 10.2 Å². The van der Waals surface area contributed by atoms with Gasteiger partial charge in [0.15, 0.2) is 0 Å². The maximum Gasteiger partial charge on any atom is 0.235 e. The smallest absolute Gasteiger partial charge is 0.235 e. The summed E-state index contributed by atoms with van der Waals surface area (Å²) < 4.78 is 1.75. The molecule has 23 heavy (non-hydrogen) atoms. The van der Waals surface area contributed by atoms with Crippen molar-refractivity contribution in [1.29, 1.82) is 0 Å². The number of hydrogen-bond donors (Lipinski definition) is 2. The summed E-state index contributed by atoms with van der Waals surface area (Å²) in [7, 11) is 0. The first-order chi connectivity index (χ1) is 11.2. The lowest BCUT2D eigenvalue weighted by atomic mass is 10.0. The molecule has 0 radical (unpaired) electrons. The number of hydrazine groups is 1. The Morgan fingerprint density at radius 3 is 3.00 bits per heavy atom. The molecule has 2 N–H and O–H groups in total. The quantitative estimate of drug-likeness (QED) is 0.750. The fraction of sp³-hybridized carbons (Fsp3) is 0.500. The van der Waals surface area contributed by atoms with Crippen molar-refractivity contribution in [2.24, 2.45) is 5.92 Å². The molecule has 2 unspecified atom stereocenters. The van der Waals surface area contributed by atoms with Crippen LogP contribution in [0.25, 0.3) is 16.5 Å². The third kappa shape index (κ3) is 2.82. The first kappa shape index (κ1) is 14.6. The van der Waals surface area contributed by atoms with Crippen molar-refractivity contribution in [3.05, 3.63) is 23.6 Å². The summed E-state index contributed by atoms with van der Waals surface area (Å²) in [5.74, 6) is 1.30. The van der Waals surface area contributed by atoms with Crippen molar-refractivity contribution in [3.8, 4) is 11.5 Å². The highest BCUT2D eigenvalue weighted by molar-refractivity contribution is 7.16. The Hall–Kier alpha value is -1.97. The number of nitrogens with one attached hydrogen (secondary N) is 2. The van der Waals surface area contributed by atoms with Gasteiger partial charge in [-0.1, -0.05) is 25.2 Å². The summed E-state index contributed by atoms with van der Waals surface area (Å²) in [5.41, 5.74) is 7.39. The second-order valence-electron chi connectivity index (χ2n) is 6.15. The molecule has 9 heteroatoms. The van der Waals surface area contributed by atoms with E-state index in [1.54, 1.807) is 34.4 Å². The van der Waals surface area contributed by atoms with E-state index in [4.69, 9.17) is 0 Å². The lowest BCUT2D eigenvalue weighted by Crippen LogP contribution is -2.31. The van der Waals surface area contributed by atoms with Gasteiger partial charge in [0, 0.05) is 18.4 Å². The van der Waals surface area contributed by atoms with Gasteiger partial charge in [0.2, 0.25) is 10.8 Å². The molecular formula is C14H18N8S. The van der Waals surface area contributed by atoms with E-state index in [0.717, 1.165) is 22.8 Å². The summed E-state index contributed by atoms with van der Waals surface area (Å²) >= 11 is 1.56. The largest absolute Gasteiger partial charge is 0.261 e. The number of hydrogen-bond acceptors (Lipinski definition) is 8. The van der Waals surface area contributed by atoms with Crippen molar-refractivity contribution < 1.29 is 0 Å². The van der Waals surface area contributed by atoms with E-state index < -0.39 is 0 Å².